The van der Waals surface area contributed by atoms with Gasteiger partial charge in [-0.25, -0.2) is 0 Å². The number of nitrogens with one attached hydrogen (secondary N) is 1. The number of unbranched alkanes of at least 4 members (excludes halogenated alkanes) is 1. The van der Waals surface area contributed by atoms with Crippen LogP contribution in [0.4, 0.5) is 0 Å². The fourth-order valence-corrected chi connectivity index (χ4v) is 3.58. The Balaban J connectivity index is 1.72. The summed E-state index contributed by atoms with van der Waals surface area (Å²) in [4.78, 5) is 14.6. The third-order valence-corrected chi connectivity index (χ3v) is 5.32. The number of nitrogens with zero attached hydrogens (tertiary/aromatic N) is 1. The molecule has 0 unspecified atom stereocenters. The van der Waals surface area contributed by atoms with Gasteiger partial charge in [0, 0.05) is 12.6 Å². The SMILES string of the molecule is CCOc1c(Cl)cc(/C=C/C(=O)NCCCCN2CCC(C)CC2)cc1OC. The Bertz CT molecular complexity index is 655. The Morgan fingerprint density at radius 3 is 2.75 bits per heavy atom. The highest BCUT2D eigenvalue weighted by atomic mass is 35.5. The normalized spacial score (nSPS) is 15.7. The number of ether oxygens (including phenoxy) is 2. The third-order valence-electron chi connectivity index (χ3n) is 5.04. The molecule has 0 saturated carbocycles. The second kappa shape index (κ2) is 12.0. The van der Waals surface area contributed by atoms with Crippen molar-refractivity contribution in [2.45, 2.75) is 39.5 Å². The van der Waals surface area contributed by atoms with E-state index in [1.54, 1.807) is 25.3 Å². The minimum absolute atomic E-state index is 0.101. The minimum atomic E-state index is -0.101. The number of hydrogen-bond acceptors (Lipinski definition) is 4. The van der Waals surface area contributed by atoms with E-state index in [2.05, 4.69) is 17.1 Å². The predicted octanol–water partition coefficient (Wildman–Crippen LogP) is 4.39. The minimum Gasteiger partial charge on any atom is -0.493 e. The summed E-state index contributed by atoms with van der Waals surface area (Å²) in [6.45, 7) is 8.97. The summed E-state index contributed by atoms with van der Waals surface area (Å²) >= 11 is 6.25. The molecule has 0 spiro atoms. The quantitative estimate of drug-likeness (QED) is 0.460. The standard InChI is InChI=1S/C22H33ClN2O3/c1-4-28-22-19(23)15-18(16-20(22)27-3)7-8-21(26)24-11-5-6-12-25-13-9-17(2)10-14-25/h7-8,15-17H,4-6,9-14H2,1-3H3,(H,24,26)/b8-7+. The summed E-state index contributed by atoms with van der Waals surface area (Å²) < 4.78 is 10.8. The first-order valence-electron chi connectivity index (χ1n) is 10.2. The van der Waals surface area contributed by atoms with Crippen LogP contribution in [0, 0.1) is 5.92 Å². The summed E-state index contributed by atoms with van der Waals surface area (Å²) in [6.07, 6.45) is 7.98. The van der Waals surface area contributed by atoms with E-state index in [1.165, 1.54) is 32.0 Å². The smallest absolute Gasteiger partial charge is 0.243 e. The molecular weight excluding hydrogens is 376 g/mol. The van der Waals surface area contributed by atoms with Crippen LogP contribution in [0.2, 0.25) is 5.02 Å². The molecule has 1 fully saturated rings. The van der Waals surface area contributed by atoms with Crippen LogP contribution in [-0.4, -0.2) is 50.7 Å². The number of piperidine rings is 1. The van der Waals surface area contributed by atoms with Gasteiger partial charge >= 0.3 is 0 Å². The average molecular weight is 409 g/mol. The Labute approximate surface area is 174 Å². The van der Waals surface area contributed by atoms with Gasteiger partial charge < -0.3 is 19.7 Å². The number of methoxy groups -OCH3 is 1. The van der Waals surface area contributed by atoms with Crippen LogP contribution in [0.3, 0.4) is 0 Å². The molecule has 1 amide bonds. The lowest BCUT2D eigenvalue weighted by Crippen LogP contribution is -2.34. The Hall–Kier alpha value is -1.72. The number of likely N-dealkylation sites (tertiary alicyclic amines) is 1. The summed E-state index contributed by atoms with van der Waals surface area (Å²) in [5, 5.41) is 3.41. The number of amides is 1. The molecule has 1 N–H and O–H groups in total. The Morgan fingerprint density at radius 1 is 1.32 bits per heavy atom. The van der Waals surface area contributed by atoms with Crippen LogP contribution >= 0.6 is 11.6 Å². The van der Waals surface area contributed by atoms with Gasteiger partial charge in [-0.1, -0.05) is 18.5 Å². The van der Waals surface area contributed by atoms with Crippen molar-refractivity contribution in [1.29, 1.82) is 0 Å². The average Bonchev–Trinajstić information content (AvgIpc) is 2.69. The molecule has 2 rings (SSSR count). The molecule has 1 heterocycles. The fourth-order valence-electron chi connectivity index (χ4n) is 3.31. The predicted molar refractivity (Wildman–Crippen MR) is 115 cm³/mol. The lowest BCUT2D eigenvalue weighted by atomic mass is 9.99. The highest BCUT2D eigenvalue weighted by Crippen LogP contribution is 2.36. The maximum atomic E-state index is 12.0. The Morgan fingerprint density at radius 2 is 2.07 bits per heavy atom. The van der Waals surface area contributed by atoms with E-state index in [-0.39, 0.29) is 5.91 Å². The number of hydrogen-bond donors (Lipinski definition) is 1. The third kappa shape index (κ3) is 7.36. The molecule has 28 heavy (non-hydrogen) atoms. The van der Waals surface area contributed by atoms with Crippen molar-refractivity contribution in [3.05, 3.63) is 28.8 Å². The first kappa shape index (κ1) is 22.6. The molecule has 1 aromatic carbocycles. The van der Waals surface area contributed by atoms with Gasteiger partial charge in [-0.3, -0.25) is 4.79 Å². The van der Waals surface area contributed by atoms with Gasteiger partial charge in [0.1, 0.15) is 0 Å². The maximum absolute atomic E-state index is 12.0. The van der Waals surface area contributed by atoms with Gasteiger partial charge in [0.2, 0.25) is 5.91 Å². The summed E-state index contributed by atoms with van der Waals surface area (Å²) in [7, 11) is 1.57. The van der Waals surface area contributed by atoms with Gasteiger partial charge in [-0.05, 0) is 81.9 Å². The highest BCUT2D eigenvalue weighted by Gasteiger charge is 2.14. The molecule has 6 heteroatoms. The van der Waals surface area contributed by atoms with Crippen LogP contribution < -0.4 is 14.8 Å². The van der Waals surface area contributed by atoms with Crippen LogP contribution in [0.25, 0.3) is 6.08 Å². The van der Waals surface area contributed by atoms with Crippen LogP contribution in [0.5, 0.6) is 11.5 Å². The fraction of sp³-hybridized carbons (Fsp3) is 0.591. The van der Waals surface area contributed by atoms with Crippen molar-refractivity contribution in [3.8, 4) is 11.5 Å². The van der Waals surface area contributed by atoms with E-state index < -0.39 is 0 Å². The van der Waals surface area contributed by atoms with Gasteiger partial charge in [0.25, 0.3) is 0 Å². The first-order valence-corrected chi connectivity index (χ1v) is 10.6. The number of carbonyl (C=O) groups is 1. The zero-order valence-corrected chi connectivity index (χ0v) is 18.1. The molecular formula is C22H33ClN2O3. The van der Waals surface area contributed by atoms with E-state index in [9.17, 15) is 4.79 Å². The molecule has 0 bridgehead atoms. The monoisotopic (exact) mass is 408 g/mol. The van der Waals surface area contributed by atoms with E-state index in [0.29, 0.717) is 29.7 Å². The van der Waals surface area contributed by atoms with E-state index >= 15 is 0 Å². The molecule has 156 valence electrons. The molecule has 1 saturated heterocycles. The second-order valence-electron chi connectivity index (χ2n) is 7.32. The van der Waals surface area contributed by atoms with E-state index in [0.717, 1.165) is 30.9 Å². The van der Waals surface area contributed by atoms with Crippen molar-refractivity contribution in [2.24, 2.45) is 5.92 Å². The summed E-state index contributed by atoms with van der Waals surface area (Å²) in [5.41, 5.74) is 0.791. The molecule has 5 nitrogen and oxygen atoms in total. The van der Waals surface area contributed by atoms with Gasteiger partial charge in [0.05, 0.1) is 18.7 Å². The highest BCUT2D eigenvalue weighted by molar-refractivity contribution is 6.32. The van der Waals surface area contributed by atoms with Crippen LogP contribution in [0.1, 0.15) is 45.1 Å². The zero-order valence-electron chi connectivity index (χ0n) is 17.3. The van der Waals surface area contributed by atoms with E-state index in [1.807, 2.05) is 6.92 Å². The number of benzene rings is 1. The molecule has 0 radical (unpaired) electrons. The van der Waals surface area contributed by atoms with Gasteiger partial charge in [0.15, 0.2) is 11.5 Å². The van der Waals surface area contributed by atoms with Crippen LogP contribution in [-0.2, 0) is 4.79 Å². The first-order chi connectivity index (χ1) is 13.5. The number of halogens is 1. The van der Waals surface area contributed by atoms with Crippen molar-refractivity contribution >= 4 is 23.6 Å². The molecule has 0 atom stereocenters. The van der Waals surface area contributed by atoms with Gasteiger partial charge in [-0.15, -0.1) is 0 Å². The molecule has 0 aromatic heterocycles. The van der Waals surface area contributed by atoms with E-state index in [4.69, 9.17) is 21.1 Å². The second-order valence-corrected chi connectivity index (χ2v) is 7.73. The lowest BCUT2D eigenvalue weighted by molar-refractivity contribution is -0.116. The number of carbonyl (C=O) groups excluding carboxylic acids is 1. The zero-order chi connectivity index (χ0) is 20.4. The molecule has 0 aliphatic carbocycles. The maximum Gasteiger partial charge on any atom is 0.243 e. The van der Waals surface area contributed by atoms with Crippen molar-refractivity contribution in [1.82, 2.24) is 10.2 Å². The lowest BCUT2D eigenvalue weighted by Gasteiger charge is -2.30. The van der Waals surface area contributed by atoms with Crippen molar-refractivity contribution in [2.75, 3.05) is 39.9 Å². The summed E-state index contributed by atoms with van der Waals surface area (Å²) in [5.74, 6) is 1.85. The largest absolute Gasteiger partial charge is 0.493 e. The van der Waals surface area contributed by atoms with Crippen molar-refractivity contribution in [3.63, 3.8) is 0 Å². The van der Waals surface area contributed by atoms with Crippen LogP contribution in [0.15, 0.2) is 18.2 Å². The molecule has 1 aromatic rings. The Kier molecular flexibility index (Phi) is 9.65. The molecule has 1 aliphatic rings. The van der Waals surface area contributed by atoms with Crippen molar-refractivity contribution < 1.29 is 14.3 Å². The summed E-state index contributed by atoms with van der Waals surface area (Å²) in [6, 6.07) is 3.57. The topological polar surface area (TPSA) is 50.8 Å². The molecule has 1 aliphatic heterocycles. The van der Waals surface area contributed by atoms with Gasteiger partial charge in [-0.2, -0.15) is 0 Å². The number of rotatable bonds is 10.